The summed E-state index contributed by atoms with van der Waals surface area (Å²) in [6.45, 7) is 4.09. The Morgan fingerprint density at radius 1 is 1.21 bits per heavy atom. The number of H-pyrrole nitrogens is 1. The average Bonchev–Trinajstić information content (AvgIpc) is 3.16. The predicted molar refractivity (Wildman–Crippen MR) is 110 cm³/mol. The highest BCUT2D eigenvalue weighted by molar-refractivity contribution is 5.85. The number of fused-ring (bicyclic) bond motifs is 1. The number of ether oxygens (including phenoxy) is 1. The Bertz CT molecular complexity index is 990. The van der Waals surface area contributed by atoms with E-state index in [4.69, 9.17) is 4.74 Å². The molecule has 1 aliphatic rings. The van der Waals surface area contributed by atoms with E-state index in [1.165, 1.54) is 10.9 Å². The van der Waals surface area contributed by atoms with Gasteiger partial charge in [-0.1, -0.05) is 12.1 Å². The van der Waals surface area contributed by atoms with Gasteiger partial charge in [0.1, 0.15) is 5.75 Å². The Balaban J connectivity index is 1.47. The van der Waals surface area contributed by atoms with Crippen LogP contribution < -0.4 is 4.74 Å². The molecule has 1 fully saturated rings. The molecule has 0 radical (unpaired) electrons. The number of nitro groups is 1. The summed E-state index contributed by atoms with van der Waals surface area (Å²) >= 11 is 0. The second-order valence-electron chi connectivity index (χ2n) is 7.49. The zero-order chi connectivity index (χ0) is 19.7. The first-order valence-corrected chi connectivity index (χ1v) is 9.70. The molecule has 1 N–H and O–H groups in total. The van der Waals surface area contributed by atoms with E-state index in [0.717, 1.165) is 42.8 Å². The molecule has 3 aromatic rings. The third-order valence-corrected chi connectivity index (χ3v) is 6.00. The molecule has 1 atom stereocenters. The summed E-state index contributed by atoms with van der Waals surface area (Å²) in [5, 5.41) is 12.3. The van der Waals surface area contributed by atoms with Gasteiger partial charge in [-0.05, 0) is 68.1 Å². The largest absolute Gasteiger partial charge is 0.497 e. The van der Waals surface area contributed by atoms with Crippen molar-refractivity contribution in [1.82, 2.24) is 9.88 Å². The molecule has 1 unspecified atom stereocenters. The lowest BCUT2D eigenvalue weighted by atomic mass is 9.88. The second-order valence-corrected chi connectivity index (χ2v) is 7.49. The SMILES string of the molecule is COc1ccc2[nH]cc(C3CCN(C(C)c4cccc([N+](=O)[O-])c4)CC3)c2c1. The maximum atomic E-state index is 11.1. The summed E-state index contributed by atoms with van der Waals surface area (Å²) in [5.74, 6) is 1.39. The van der Waals surface area contributed by atoms with Crippen molar-refractivity contribution < 1.29 is 9.66 Å². The number of hydrogen-bond donors (Lipinski definition) is 1. The van der Waals surface area contributed by atoms with Gasteiger partial charge < -0.3 is 9.72 Å². The summed E-state index contributed by atoms with van der Waals surface area (Å²) in [4.78, 5) is 16.5. The highest BCUT2D eigenvalue weighted by Gasteiger charge is 2.26. The molecule has 1 saturated heterocycles. The molecule has 28 heavy (non-hydrogen) atoms. The van der Waals surface area contributed by atoms with Crippen molar-refractivity contribution >= 4 is 16.6 Å². The summed E-state index contributed by atoms with van der Waals surface area (Å²) in [7, 11) is 1.70. The monoisotopic (exact) mass is 379 g/mol. The number of nitro benzene ring substituents is 1. The maximum Gasteiger partial charge on any atom is 0.269 e. The fraction of sp³-hybridized carbons (Fsp3) is 0.364. The number of aromatic nitrogens is 1. The summed E-state index contributed by atoms with van der Waals surface area (Å²) < 4.78 is 5.39. The Hall–Kier alpha value is -2.86. The van der Waals surface area contributed by atoms with E-state index < -0.39 is 0 Å². The van der Waals surface area contributed by atoms with E-state index in [1.807, 2.05) is 12.1 Å². The number of methoxy groups -OCH3 is 1. The normalized spacial score (nSPS) is 16.9. The van der Waals surface area contributed by atoms with Crippen LogP contribution in [0.3, 0.4) is 0 Å². The predicted octanol–water partition coefficient (Wildman–Crippen LogP) is 5.03. The van der Waals surface area contributed by atoms with Gasteiger partial charge in [0, 0.05) is 35.3 Å². The molecule has 2 aromatic carbocycles. The quantitative estimate of drug-likeness (QED) is 0.499. The van der Waals surface area contributed by atoms with Crippen LogP contribution in [-0.4, -0.2) is 35.0 Å². The molecule has 0 spiro atoms. The van der Waals surface area contributed by atoms with Crippen LogP contribution in [0, 0.1) is 10.1 Å². The first-order chi connectivity index (χ1) is 13.6. The van der Waals surface area contributed by atoms with Crippen molar-refractivity contribution in [2.75, 3.05) is 20.2 Å². The van der Waals surface area contributed by atoms with Gasteiger partial charge in [-0.25, -0.2) is 0 Å². The molecule has 1 aliphatic heterocycles. The standard InChI is InChI=1S/C22H25N3O3/c1-15(17-4-3-5-18(12-17)25(26)27)24-10-8-16(9-11-24)21-14-23-22-7-6-19(28-2)13-20(21)22/h3-7,12-16,23H,8-11H2,1-2H3. The van der Waals surface area contributed by atoms with Crippen LogP contribution in [-0.2, 0) is 0 Å². The second kappa shape index (κ2) is 7.64. The molecule has 1 aromatic heterocycles. The number of likely N-dealkylation sites (tertiary alicyclic amines) is 1. The Morgan fingerprint density at radius 2 is 2.00 bits per heavy atom. The van der Waals surface area contributed by atoms with Crippen molar-refractivity contribution in [2.24, 2.45) is 0 Å². The lowest BCUT2D eigenvalue weighted by Gasteiger charge is -2.36. The zero-order valence-corrected chi connectivity index (χ0v) is 16.2. The summed E-state index contributed by atoms with van der Waals surface area (Å²) in [6.07, 6.45) is 4.28. The van der Waals surface area contributed by atoms with Crippen LogP contribution in [0.25, 0.3) is 10.9 Å². The highest BCUT2D eigenvalue weighted by Crippen LogP contribution is 2.36. The van der Waals surface area contributed by atoms with E-state index in [-0.39, 0.29) is 16.7 Å². The van der Waals surface area contributed by atoms with Crippen LogP contribution >= 0.6 is 0 Å². The number of nitrogens with one attached hydrogen (secondary N) is 1. The van der Waals surface area contributed by atoms with Crippen LogP contribution in [0.5, 0.6) is 5.75 Å². The molecule has 4 rings (SSSR count). The van der Waals surface area contributed by atoms with Crippen molar-refractivity contribution in [3.63, 3.8) is 0 Å². The van der Waals surface area contributed by atoms with E-state index in [0.29, 0.717) is 5.92 Å². The number of nitrogens with zero attached hydrogens (tertiary/aromatic N) is 2. The van der Waals surface area contributed by atoms with E-state index in [1.54, 1.807) is 25.3 Å². The van der Waals surface area contributed by atoms with Gasteiger partial charge in [0.15, 0.2) is 0 Å². The number of rotatable bonds is 5. The molecule has 146 valence electrons. The number of hydrogen-bond acceptors (Lipinski definition) is 4. The minimum Gasteiger partial charge on any atom is -0.497 e. The minimum atomic E-state index is -0.326. The van der Waals surface area contributed by atoms with Gasteiger partial charge in [-0.2, -0.15) is 0 Å². The fourth-order valence-electron chi connectivity index (χ4n) is 4.29. The molecule has 0 bridgehead atoms. The van der Waals surface area contributed by atoms with Crippen LogP contribution in [0.4, 0.5) is 5.69 Å². The zero-order valence-electron chi connectivity index (χ0n) is 16.2. The van der Waals surface area contributed by atoms with Crippen molar-refractivity contribution in [2.45, 2.75) is 31.7 Å². The highest BCUT2D eigenvalue weighted by atomic mass is 16.6. The molecular weight excluding hydrogens is 354 g/mol. The number of piperidine rings is 1. The molecule has 0 amide bonds. The topological polar surface area (TPSA) is 71.4 Å². The molecule has 6 heteroatoms. The van der Waals surface area contributed by atoms with Crippen molar-refractivity contribution in [3.8, 4) is 5.75 Å². The van der Waals surface area contributed by atoms with Gasteiger partial charge in [-0.3, -0.25) is 15.0 Å². The van der Waals surface area contributed by atoms with Crippen LogP contribution in [0.1, 0.15) is 42.9 Å². The van der Waals surface area contributed by atoms with Crippen molar-refractivity contribution in [3.05, 3.63) is 69.9 Å². The lowest BCUT2D eigenvalue weighted by molar-refractivity contribution is -0.385. The number of non-ortho nitro benzene ring substituents is 1. The maximum absolute atomic E-state index is 11.1. The van der Waals surface area contributed by atoms with Crippen molar-refractivity contribution in [1.29, 1.82) is 0 Å². The Kier molecular flexibility index (Phi) is 5.05. The first kappa shape index (κ1) is 18.5. The van der Waals surface area contributed by atoms with Gasteiger partial charge in [0.25, 0.3) is 5.69 Å². The Labute approximate surface area is 164 Å². The molecule has 2 heterocycles. The Morgan fingerprint density at radius 3 is 2.71 bits per heavy atom. The average molecular weight is 379 g/mol. The molecule has 6 nitrogen and oxygen atoms in total. The van der Waals surface area contributed by atoms with Crippen LogP contribution in [0.2, 0.25) is 0 Å². The van der Waals surface area contributed by atoms with Crippen LogP contribution in [0.15, 0.2) is 48.7 Å². The number of aromatic amines is 1. The van der Waals surface area contributed by atoms with E-state index in [2.05, 4.69) is 35.1 Å². The van der Waals surface area contributed by atoms with E-state index >= 15 is 0 Å². The third kappa shape index (κ3) is 3.47. The van der Waals surface area contributed by atoms with Gasteiger partial charge in [0.2, 0.25) is 0 Å². The van der Waals surface area contributed by atoms with Gasteiger partial charge >= 0.3 is 0 Å². The van der Waals surface area contributed by atoms with Gasteiger partial charge in [-0.15, -0.1) is 0 Å². The molecule has 0 aliphatic carbocycles. The molecular formula is C22H25N3O3. The lowest BCUT2D eigenvalue weighted by Crippen LogP contribution is -2.35. The smallest absolute Gasteiger partial charge is 0.269 e. The minimum absolute atomic E-state index is 0.159. The summed E-state index contributed by atoms with van der Waals surface area (Å²) in [6, 6.07) is 13.3. The van der Waals surface area contributed by atoms with E-state index in [9.17, 15) is 10.1 Å². The third-order valence-electron chi connectivity index (χ3n) is 6.00. The van der Waals surface area contributed by atoms with Gasteiger partial charge in [0.05, 0.1) is 12.0 Å². The fourth-order valence-corrected chi connectivity index (χ4v) is 4.29. The summed E-state index contributed by atoms with van der Waals surface area (Å²) in [5.41, 5.74) is 3.66. The number of benzene rings is 2. The first-order valence-electron chi connectivity index (χ1n) is 9.70. The molecule has 0 saturated carbocycles.